The van der Waals surface area contributed by atoms with Crippen molar-refractivity contribution < 1.29 is 32.3 Å². The number of likely N-dealkylation sites (N-methyl/N-ethyl adjacent to an activating group) is 1. The van der Waals surface area contributed by atoms with Crippen LogP contribution in [-0.4, -0.2) is 84.7 Å². The summed E-state index contributed by atoms with van der Waals surface area (Å²) in [7, 11) is 3.66. The molecule has 0 N–H and O–H groups in total. The predicted molar refractivity (Wildman–Crippen MR) is 150 cm³/mol. The van der Waals surface area contributed by atoms with Crippen LogP contribution in [0.15, 0.2) is 48.5 Å². The van der Waals surface area contributed by atoms with Gasteiger partial charge in [0.25, 0.3) is 0 Å². The lowest BCUT2D eigenvalue weighted by Gasteiger charge is -2.39. The van der Waals surface area contributed by atoms with Gasteiger partial charge in [-0.1, -0.05) is 42.5 Å². The molecule has 0 saturated heterocycles. The number of halogens is 3. The summed E-state index contributed by atoms with van der Waals surface area (Å²) in [4.78, 5) is 44.7. The highest BCUT2D eigenvalue weighted by Gasteiger charge is 2.45. The second kappa shape index (κ2) is 12.9. The number of nitrogens with zero attached hydrogens (tertiary/aromatic N) is 4. The highest BCUT2D eigenvalue weighted by Crippen LogP contribution is 2.39. The van der Waals surface area contributed by atoms with Crippen LogP contribution in [0, 0.1) is 0 Å². The smallest absolute Gasteiger partial charge is 0.444 e. The van der Waals surface area contributed by atoms with Gasteiger partial charge in [0, 0.05) is 31.7 Å². The molecule has 1 atom stereocenters. The molecule has 3 amide bonds. The molecule has 0 aromatic heterocycles. The minimum atomic E-state index is -5.22. The molecular formula is C30H39F3N4O4. The third-order valence-corrected chi connectivity index (χ3v) is 6.77. The fraction of sp³-hybridized carbons (Fsp3) is 0.500. The number of alkyl halides is 3. The van der Waals surface area contributed by atoms with Crippen molar-refractivity contribution in [2.45, 2.75) is 58.5 Å². The Morgan fingerprint density at radius 3 is 2.22 bits per heavy atom. The molecule has 1 aliphatic rings. The molecular weight excluding hydrogens is 537 g/mol. The van der Waals surface area contributed by atoms with Crippen molar-refractivity contribution in [1.29, 1.82) is 0 Å². The first-order valence-corrected chi connectivity index (χ1v) is 13.5. The van der Waals surface area contributed by atoms with Crippen LogP contribution in [0.4, 0.5) is 23.7 Å². The molecule has 41 heavy (non-hydrogen) atoms. The van der Waals surface area contributed by atoms with Crippen molar-refractivity contribution in [1.82, 2.24) is 14.7 Å². The van der Waals surface area contributed by atoms with Gasteiger partial charge in [0.2, 0.25) is 5.91 Å². The quantitative estimate of drug-likeness (QED) is 0.441. The Bertz CT molecular complexity index is 1230. The zero-order valence-corrected chi connectivity index (χ0v) is 24.5. The molecule has 224 valence electrons. The Kier molecular flexibility index (Phi) is 10.1. The lowest BCUT2D eigenvalue weighted by Crippen LogP contribution is -2.49. The summed E-state index contributed by atoms with van der Waals surface area (Å²) >= 11 is 0. The van der Waals surface area contributed by atoms with E-state index in [1.165, 1.54) is 15.9 Å². The van der Waals surface area contributed by atoms with Crippen molar-refractivity contribution in [2.24, 2.45) is 0 Å². The molecule has 3 rings (SSSR count). The number of carbonyl (C=O) groups is 3. The van der Waals surface area contributed by atoms with E-state index in [0.29, 0.717) is 35.5 Å². The van der Waals surface area contributed by atoms with E-state index >= 15 is 0 Å². The number of hydrogen-bond donors (Lipinski definition) is 0. The van der Waals surface area contributed by atoms with Crippen molar-refractivity contribution in [3.63, 3.8) is 0 Å². The van der Waals surface area contributed by atoms with Gasteiger partial charge in [0.15, 0.2) is 0 Å². The average Bonchev–Trinajstić information content (AvgIpc) is 2.88. The van der Waals surface area contributed by atoms with Crippen molar-refractivity contribution in [3.8, 4) is 0 Å². The molecule has 0 spiro atoms. The fourth-order valence-corrected chi connectivity index (χ4v) is 4.77. The van der Waals surface area contributed by atoms with E-state index in [1.54, 1.807) is 39.8 Å². The van der Waals surface area contributed by atoms with Crippen LogP contribution in [0.25, 0.3) is 0 Å². The van der Waals surface area contributed by atoms with E-state index in [1.807, 2.05) is 49.3 Å². The maximum Gasteiger partial charge on any atom is 0.471 e. The number of hydrogen-bond acceptors (Lipinski definition) is 5. The Hall–Kier alpha value is -3.60. The van der Waals surface area contributed by atoms with Gasteiger partial charge < -0.3 is 19.4 Å². The summed E-state index contributed by atoms with van der Waals surface area (Å²) in [6, 6.07) is 13.2. The van der Waals surface area contributed by atoms with E-state index in [9.17, 15) is 27.6 Å². The molecule has 2 aromatic carbocycles. The number of rotatable bonds is 8. The van der Waals surface area contributed by atoms with E-state index in [0.717, 1.165) is 5.56 Å². The molecule has 1 aliphatic heterocycles. The number of amides is 3. The molecule has 0 fully saturated rings. The van der Waals surface area contributed by atoms with Gasteiger partial charge in [-0.25, -0.2) is 4.79 Å². The normalized spacial score (nSPS) is 15.4. The van der Waals surface area contributed by atoms with Gasteiger partial charge in [0.05, 0.1) is 11.7 Å². The molecule has 0 radical (unpaired) electrons. The first kappa shape index (κ1) is 31.9. The number of benzene rings is 2. The highest BCUT2D eigenvalue weighted by molar-refractivity contribution is 6.02. The van der Waals surface area contributed by atoms with Crippen LogP contribution < -0.4 is 4.90 Å². The van der Waals surface area contributed by atoms with Crippen LogP contribution in [0.1, 0.15) is 50.4 Å². The van der Waals surface area contributed by atoms with Crippen molar-refractivity contribution in [2.75, 3.05) is 45.2 Å². The number of anilines is 1. The summed E-state index contributed by atoms with van der Waals surface area (Å²) in [5, 5.41) is 0. The van der Waals surface area contributed by atoms with E-state index in [-0.39, 0.29) is 18.8 Å². The summed E-state index contributed by atoms with van der Waals surface area (Å²) in [5.41, 5.74) is 1.09. The lowest BCUT2D eigenvalue weighted by atomic mass is 9.91. The Balaban J connectivity index is 2.01. The molecule has 0 bridgehead atoms. The van der Waals surface area contributed by atoms with Gasteiger partial charge in [0.1, 0.15) is 12.1 Å². The molecule has 2 aromatic rings. The lowest BCUT2D eigenvalue weighted by molar-refractivity contribution is -0.170. The van der Waals surface area contributed by atoms with Crippen molar-refractivity contribution in [3.05, 3.63) is 65.2 Å². The Morgan fingerprint density at radius 2 is 1.63 bits per heavy atom. The SMILES string of the molecule is CC1c2c(cccc2N(CC(=O)N(CCN(C)C)Cc2ccccc2)C(=O)C(F)(F)F)CCN1C(=O)OC(C)(C)C. The first-order chi connectivity index (χ1) is 19.1. The van der Waals surface area contributed by atoms with Gasteiger partial charge in [-0.3, -0.25) is 14.5 Å². The van der Waals surface area contributed by atoms with Crippen LogP contribution in [-0.2, 0) is 27.3 Å². The van der Waals surface area contributed by atoms with Gasteiger partial charge in [-0.05, 0) is 65.4 Å². The summed E-state index contributed by atoms with van der Waals surface area (Å²) in [6.07, 6.45) is -5.47. The minimum Gasteiger partial charge on any atom is -0.444 e. The van der Waals surface area contributed by atoms with Crippen LogP contribution >= 0.6 is 0 Å². The molecule has 1 heterocycles. The molecule has 0 saturated carbocycles. The number of carbonyl (C=O) groups excluding carboxylic acids is 3. The molecule has 8 nitrogen and oxygen atoms in total. The van der Waals surface area contributed by atoms with E-state index in [2.05, 4.69) is 0 Å². The maximum absolute atomic E-state index is 13.9. The second-order valence-corrected chi connectivity index (χ2v) is 11.4. The van der Waals surface area contributed by atoms with E-state index in [4.69, 9.17) is 4.74 Å². The average molecular weight is 577 g/mol. The zero-order valence-electron chi connectivity index (χ0n) is 24.5. The standard InChI is InChI=1S/C30H39F3N4O4/c1-21-26-23(15-16-36(21)28(40)41-29(2,3)4)13-10-14-24(26)37(27(39)30(31,32)33)20-25(38)35(18-17-34(5)6)19-22-11-8-7-9-12-22/h7-14,21H,15-20H2,1-6H3. The second-order valence-electron chi connectivity index (χ2n) is 11.4. The third kappa shape index (κ3) is 8.45. The largest absolute Gasteiger partial charge is 0.471 e. The van der Waals surface area contributed by atoms with Crippen LogP contribution in [0.5, 0.6) is 0 Å². The van der Waals surface area contributed by atoms with Crippen molar-refractivity contribution >= 4 is 23.6 Å². The summed E-state index contributed by atoms with van der Waals surface area (Å²) < 4.78 is 47.4. The molecule has 0 aliphatic carbocycles. The molecule has 1 unspecified atom stereocenters. The minimum absolute atomic E-state index is 0.0498. The predicted octanol–water partition coefficient (Wildman–Crippen LogP) is 5.03. The summed E-state index contributed by atoms with van der Waals surface area (Å²) in [6.45, 7) is 7.27. The third-order valence-electron chi connectivity index (χ3n) is 6.77. The topological polar surface area (TPSA) is 73.4 Å². The van der Waals surface area contributed by atoms with Gasteiger partial charge in [-0.15, -0.1) is 0 Å². The van der Waals surface area contributed by atoms with Crippen LogP contribution in [0.2, 0.25) is 0 Å². The highest BCUT2D eigenvalue weighted by atomic mass is 19.4. The zero-order chi connectivity index (χ0) is 30.5. The number of ether oxygens (including phenoxy) is 1. The van der Waals surface area contributed by atoms with E-state index < -0.39 is 42.3 Å². The van der Waals surface area contributed by atoms with Gasteiger partial charge >= 0.3 is 18.2 Å². The Labute approximate surface area is 239 Å². The first-order valence-electron chi connectivity index (χ1n) is 13.5. The van der Waals surface area contributed by atoms with Gasteiger partial charge in [-0.2, -0.15) is 13.2 Å². The molecule has 11 heteroatoms. The fourth-order valence-electron chi connectivity index (χ4n) is 4.77. The Morgan fingerprint density at radius 1 is 0.976 bits per heavy atom. The van der Waals surface area contributed by atoms with Crippen LogP contribution in [0.3, 0.4) is 0 Å². The summed E-state index contributed by atoms with van der Waals surface area (Å²) in [5.74, 6) is -2.77. The number of fused-ring (bicyclic) bond motifs is 1. The maximum atomic E-state index is 13.9. The monoisotopic (exact) mass is 576 g/mol.